The van der Waals surface area contributed by atoms with Gasteiger partial charge in [0.05, 0.1) is 6.54 Å². The highest BCUT2D eigenvalue weighted by Crippen LogP contribution is 1.92. The lowest BCUT2D eigenvalue weighted by atomic mass is 10.4. The lowest BCUT2D eigenvalue weighted by molar-refractivity contribution is -0.125. The average Bonchev–Trinajstić information content (AvgIpc) is 2.68. The number of hydrogen-bond donors (Lipinski definition) is 1. The first kappa shape index (κ1) is 10.7. The van der Waals surface area contributed by atoms with Crippen LogP contribution in [-0.2, 0) is 16.1 Å². The van der Waals surface area contributed by atoms with Crippen LogP contribution in [-0.4, -0.2) is 24.3 Å². The predicted octanol–water partition coefficient (Wildman–Crippen LogP) is 0.717. The summed E-state index contributed by atoms with van der Waals surface area (Å²) >= 11 is 0. The van der Waals surface area contributed by atoms with Crippen LogP contribution in [0.4, 0.5) is 0 Å². The highest BCUT2D eigenvalue weighted by molar-refractivity contribution is 5.77. The maximum atomic E-state index is 11.1. The van der Waals surface area contributed by atoms with Gasteiger partial charge in [-0.15, -0.1) is 0 Å². The van der Waals surface area contributed by atoms with E-state index in [2.05, 4.69) is 15.0 Å². The molecule has 0 unspecified atom stereocenters. The van der Waals surface area contributed by atoms with Crippen molar-refractivity contribution in [3.8, 4) is 0 Å². The van der Waals surface area contributed by atoms with Gasteiger partial charge in [0.2, 0.25) is 5.91 Å². The first-order valence-corrected chi connectivity index (χ1v) is 4.56. The van der Waals surface area contributed by atoms with Gasteiger partial charge in [-0.3, -0.25) is 4.79 Å². The fraction of sp³-hybridized carbons (Fsp3) is 0.556. The maximum absolute atomic E-state index is 11.1. The first-order chi connectivity index (χ1) is 6.83. The Balaban J connectivity index is 2.09. The molecule has 0 saturated carbocycles. The smallest absolute Gasteiger partial charge is 0.246 e. The van der Waals surface area contributed by atoms with E-state index >= 15 is 0 Å². The molecule has 1 rings (SSSR count). The van der Waals surface area contributed by atoms with Gasteiger partial charge in [-0.2, -0.15) is 0 Å². The van der Waals surface area contributed by atoms with Gasteiger partial charge in [-0.25, -0.2) is 0 Å². The van der Waals surface area contributed by atoms with Gasteiger partial charge in [0.1, 0.15) is 18.6 Å². The van der Waals surface area contributed by atoms with Crippen molar-refractivity contribution in [2.75, 3.05) is 13.2 Å². The number of nitrogens with zero attached hydrogens (tertiary/aromatic N) is 1. The number of aromatic nitrogens is 1. The highest BCUT2D eigenvalue weighted by Gasteiger charge is 2.02. The van der Waals surface area contributed by atoms with E-state index in [-0.39, 0.29) is 12.5 Å². The van der Waals surface area contributed by atoms with Crippen LogP contribution >= 0.6 is 0 Å². The van der Waals surface area contributed by atoms with Crippen LogP contribution in [0.1, 0.15) is 19.0 Å². The number of rotatable bonds is 6. The Morgan fingerprint density at radius 2 is 2.57 bits per heavy atom. The Kier molecular flexibility index (Phi) is 4.71. The van der Waals surface area contributed by atoms with Gasteiger partial charge in [-0.05, 0) is 6.42 Å². The third-order valence-electron chi connectivity index (χ3n) is 1.54. The van der Waals surface area contributed by atoms with Gasteiger partial charge >= 0.3 is 0 Å². The monoisotopic (exact) mass is 198 g/mol. The Morgan fingerprint density at radius 1 is 1.71 bits per heavy atom. The van der Waals surface area contributed by atoms with Crippen molar-refractivity contribution in [2.24, 2.45) is 0 Å². The number of carbonyl (C=O) groups excluding carboxylic acids is 1. The Bertz CT molecular complexity index is 259. The number of carbonyl (C=O) groups is 1. The van der Waals surface area contributed by atoms with E-state index in [4.69, 9.17) is 4.74 Å². The van der Waals surface area contributed by atoms with Crippen LogP contribution in [0.15, 0.2) is 16.9 Å². The molecule has 0 aliphatic heterocycles. The molecular formula is C9H14N2O3. The van der Waals surface area contributed by atoms with Crippen LogP contribution in [0.25, 0.3) is 0 Å². The highest BCUT2D eigenvalue weighted by atomic mass is 16.5. The van der Waals surface area contributed by atoms with Crippen molar-refractivity contribution in [1.29, 1.82) is 0 Å². The summed E-state index contributed by atoms with van der Waals surface area (Å²) in [5.74, 6) is -0.138. The summed E-state index contributed by atoms with van der Waals surface area (Å²) < 4.78 is 9.67. The first-order valence-electron chi connectivity index (χ1n) is 4.56. The van der Waals surface area contributed by atoms with Crippen molar-refractivity contribution in [1.82, 2.24) is 10.5 Å². The lowest BCUT2D eigenvalue weighted by Gasteiger charge is -2.02. The molecule has 0 atom stereocenters. The molecule has 1 heterocycles. The second-order valence-electron chi connectivity index (χ2n) is 2.82. The molecule has 5 nitrogen and oxygen atoms in total. The van der Waals surface area contributed by atoms with Gasteiger partial charge < -0.3 is 14.6 Å². The molecular weight excluding hydrogens is 184 g/mol. The van der Waals surface area contributed by atoms with Crippen molar-refractivity contribution >= 4 is 5.91 Å². The Hall–Kier alpha value is -1.36. The minimum absolute atomic E-state index is 0.103. The number of amides is 1. The molecule has 0 bridgehead atoms. The maximum Gasteiger partial charge on any atom is 0.246 e. The third kappa shape index (κ3) is 4.04. The van der Waals surface area contributed by atoms with Crippen molar-refractivity contribution in [3.05, 3.63) is 18.0 Å². The minimum atomic E-state index is -0.138. The number of hydrogen-bond acceptors (Lipinski definition) is 4. The van der Waals surface area contributed by atoms with Crippen LogP contribution in [0.3, 0.4) is 0 Å². The second kappa shape index (κ2) is 6.15. The standard InChI is InChI=1S/C9H14N2O3/c1-2-4-13-7-9(12)10-6-8-3-5-14-11-8/h3,5H,2,4,6-7H2,1H3,(H,10,12). The summed E-state index contributed by atoms with van der Waals surface area (Å²) in [6.45, 7) is 3.08. The lowest BCUT2D eigenvalue weighted by Crippen LogP contribution is -2.27. The molecule has 1 aromatic heterocycles. The molecule has 78 valence electrons. The largest absolute Gasteiger partial charge is 0.372 e. The van der Waals surface area contributed by atoms with E-state index in [9.17, 15) is 4.79 Å². The van der Waals surface area contributed by atoms with Crippen molar-refractivity contribution in [3.63, 3.8) is 0 Å². The third-order valence-corrected chi connectivity index (χ3v) is 1.54. The van der Waals surface area contributed by atoms with Gasteiger partial charge in [0, 0.05) is 12.7 Å². The number of nitrogens with one attached hydrogen (secondary N) is 1. The van der Waals surface area contributed by atoms with E-state index in [1.54, 1.807) is 6.07 Å². The molecule has 1 aromatic rings. The van der Waals surface area contributed by atoms with Crippen LogP contribution in [0.5, 0.6) is 0 Å². The molecule has 0 saturated heterocycles. The van der Waals surface area contributed by atoms with Crippen LogP contribution in [0, 0.1) is 0 Å². The second-order valence-corrected chi connectivity index (χ2v) is 2.82. The molecule has 1 amide bonds. The zero-order chi connectivity index (χ0) is 10.2. The minimum Gasteiger partial charge on any atom is -0.372 e. The molecule has 5 heteroatoms. The molecule has 0 radical (unpaired) electrons. The van der Waals surface area contributed by atoms with Crippen molar-refractivity contribution < 1.29 is 14.1 Å². The van der Waals surface area contributed by atoms with Gasteiger partial charge in [0.15, 0.2) is 0 Å². The molecule has 0 fully saturated rings. The van der Waals surface area contributed by atoms with E-state index < -0.39 is 0 Å². The van der Waals surface area contributed by atoms with E-state index in [0.717, 1.165) is 6.42 Å². The Morgan fingerprint density at radius 3 is 3.21 bits per heavy atom. The van der Waals surface area contributed by atoms with Gasteiger partial charge in [-0.1, -0.05) is 12.1 Å². The molecule has 0 aliphatic rings. The summed E-state index contributed by atoms with van der Waals surface area (Å²) in [5, 5.41) is 6.31. The topological polar surface area (TPSA) is 64.4 Å². The fourth-order valence-corrected chi connectivity index (χ4v) is 0.878. The molecule has 0 spiro atoms. The summed E-state index contributed by atoms with van der Waals surface area (Å²) in [6, 6.07) is 1.70. The normalized spacial score (nSPS) is 10.1. The quantitative estimate of drug-likeness (QED) is 0.684. The van der Waals surface area contributed by atoms with Crippen LogP contribution < -0.4 is 5.32 Å². The van der Waals surface area contributed by atoms with E-state index in [1.807, 2.05) is 6.92 Å². The summed E-state index contributed by atoms with van der Waals surface area (Å²) in [5.41, 5.74) is 0.703. The summed E-state index contributed by atoms with van der Waals surface area (Å²) in [4.78, 5) is 11.1. The molecule has 0 aliphatic carbocycles. The Labute approximate surface area is 82.4 Å². The SMILES string of the molecule is CCCOCC(=O)NCc1ccon1. The van der Waals surface area contributed by atoms with Crippen LogP contribution in [0.2, 0.25) is 0 Å². The summed E-state index contributed by atoms with van der Waals surface area (Å²) in [7, 11) is 0. The predicted molar refractivity (Wildman–Crippen MR) is 49.5 cm³/mol. The molecule has 1 N–H and O–H groups in total. The van der Waals surface area contributed by atoms with Gasteiger partial charge in [0.25, 0.3) is 0 Å². The average molecular weight is 198 g/mol. The molecule has 0 aromatic carbocycles. The van der Waals surface area contributed by atoms with E-state index in [0.29, 0.717) is 18.8 Å². The zero-order valence-corrected chi connectivity index (χ0v) is 8.16. The fourth-order valence-electron chi connectivity index (χ4n) is 0.878. The van der Waals surface area contributed by atoms with E-state index in [1.165, 1.54) is 6.26 Å². The summed E-state index contributed by atoms with van der Waals surface area (Å²) in [6.07, 6.45) is 2.38. The number of ether oxygens (including phenoxy) is 1. The zero-order valence-electron chi connectivity index (χ0n) is 8.16. The van der Waals surface area contributed by atoms with Crippen molar-refractivity contribution in [2.45, 2.75) is 19.9 Å². The molecule has 14 heavy (non-hydrogen) atoms.